The Bertz CT molecular complexity index is 3600. The highest BCUT2D eigenvalue weighted by molar-refractivity contribution is 6.19. The van der Waals surface area contributed by atoms with Crippen LogP contribution in [0.1, 0.15) is 44.1 Å². The first-order valence-corrected chi connectivity index (χ1v) is 22.2. The average Bonchev–Trinajstić information content (AvgIpc) is 3.87. The van der Waals surface area contributed by atoms with Gasteiger partial charge in [0.25, 0.3) is 0 Å². The number of aromatic nitrogens is 3. The molecule has 62 heavy (non-hydrogen) atoms. The average molecular weight is 800 g/mol. The van der Waals surface area contributed by atoms with Crippen molar-refractivity contribution in [2.45, 2.75) is 43.9 Å². The Morgan fingerprint density at radius 2 is 1.02 bits per heavy atom. The lowest BCUT2D eigenvalue weighted by atomic mass is 9.48. The number of furan rings is 2. The molecule has 3 heterocycles. The van der Waals surface area contributed by atoms with Crippen molar-refractivity contribution in [1.82, 2.24) is 15.0 Å². The van der Waals surface area contributed by atoms with Crippen molar-refractivity contribution in [2.24, 2.45) is 17.8 Å². The minimum absolute atomic E-state index is 0.173. The first-order valence-electron chi connectivity index (χ1n) is 22.2. The maximum atomic E-state index is 6.97. The molecule has 0 atom stereocenters. The zero-order chi connectivity index (χ0) is 40.5. The SMILES string of the molecule is c1ccc(-c2cc(-c3nc(-c4cccc5c4oc4ccccc45)nc(-c4c5ccccc5cc5c4oc4cc6ccccc6cc45)n3)cc(C34CC5CC(CC(C5)C3)C4)c2)cc1. The van der Waals surface area contributed by atoms with Gasteiger partial charge in [0.2, 0.25) is 0 Å². The monoisotopic (exact) mass is 799 g/mol. The lowest BCUT2D eigenvalue weighted by Crippen LogP contribution is -2.48. The molecule has 0 aliphatic heterocycles. The summed E-state index contributed by atoms with van der Waals surface area (Å²) in [5, 5.41) is 8.66. The molecule has 4 bridgehead atoms. The zero-order valence-electron chi connectivity index (χ0n) is 34.1. The Labute approximate surface area is 358 Å². The van der Waals surface area contributed by atoms with Crippen LogP contribution in [0, 0.1) is 17.8 Å². The highest BCUT2D eigenvalue weighted by Gasteiger charge is 2.51. The molecule has 296 valence electrons. The summed E-state index contributed by atoms with van der Waals surface area (Å²) in [6.07, 6.45) is 8.01. The second kappa shape index (κ2) is 13.0. The van der Waals surface area contributed by atoms with Gasteiger partial charge in [0, 0.05) is 27.1 Å². The Balaban J connectivity index is 1.07. The first-order chi connectivity index (χ1) is 30.6. The van der Waals surface area contributed by atoms with Crippen molar-refractivity contribution in [1.29, 1.82) is 0 Å². The largest absolute Gasteiger partial charge is 0.455 e. The number of para-hydroxylation sites is 2. The Kier molecular flexibility index (Phi) is 7.22. The molecule has 11 aromatic rings. The number of hydrogen-bond donors (Lipinski definition) is 0. The molecule has 0 saturated heterocycles. The third kappa shape index (κ3) is 5.24. The number of nitrogens with zero attached hydrogens (tertiary/aromatic N) is 3. The second-order valence-electron chi connectivity index (χ2n) is 18.6. The maximum Gasteiger partial charge on any atom is 0.168 e. The van der Waals surface area contributed by atoms with E-state index in [1.807, 2.05) is 12.1 Å². The van der Waals surface area contributed by atoms with Crippen molar-refractivity contribution >= 4 is 65.4 Å². The highest BCUT2D eigenvalue weighted by Crippen LogP contribution is 2.61. The van der Waals surface area contributed by atoms with Gasteiger partial charge >= 0.3 is 0 Å². The summed E-state index contributed by atoms with van der Waals surface area (Å²) in [6.45, 7) is 0. The van der Waals surface area contributed by atoms with Gasteiger partial charge in [-0.1, -0.05) is 115 Å². The molecule has 3 aromatic heterocycles. The van der Waals surface area contributed by atoms with E-state index in [2.05, 4.69) is 146 Å². The fourth-order valence-electron chi connectivity index (χ4n) is 12.5. The number of rotatable bonds is 5. The number of benzene rings is 8. The molecule has 4 saturated carbocycles. The summed E-state index contributed by atoms with van der Waals surface area (Å²) in [6, 6.07) is 56.3. The number of fused-ring (bicyclic) bond motifs is 8. The summed E-state index contributed by atoms with van der Waals surface area (Å²) in [5.41, 5.74) is 9.93. The van der Waals surface area contributed by atoms with Crippen molar-refractivity contribution in [3.05, 3.63) is 163 Å². The number of hydrogen-bond acceptors (Lipinski definition) is 5. The van der Waals surface area contributed by atoms with Crippen LogP contribution in [-0.4, -0.2) is 15.0 Å². The molecule has 4 aliphatic carbocycles. The minimum atomic E-state index is 0.173. The summed E-state index contributed by atoms with van der Waals surface area (Å²) < 4.78 is 13.6. The van der Waals surface area contributed by atoms with Gasteiger partial charge in [-0.3, -0.25) is 0 Å². The van der Waals surface area contributed by atoms with E-state index in [9.17, 15) is 0 Å². The van der Waals surface area contributed by atoms with E-state index in [-0.39, 0.29) is 5.41 Å². The predicted octanol–water partition coefficient (Wildman–Crippen LogP) is 15.1. The predicted molar refractivity (Wildman–Crippen MR) is 251 cm³/mol. The van der Waals surface area contributed by atoms with Crippen LogP contribution in [0.4, 0.5) is 0 Å². The quantitative estimate of drug-likeness (QED) is 0.173. The van der Waals surface area contributed by atoms with E-state index in [1.165, 1.54) is 60.6 Å². The van der Waals surface area contributed by atoms with E-state index in [4.69, 9.17) is 23.8 Å². The van der Waals surface area contributed by atoms with E-state index in [0.29, 0.717) is 17.5 Å². The Morgan fingerprint density at radius 3 is 1.82 bits per heavy atom. The highest BCUT2D eigenvalue weighted by atomic mass is 16.3. The fraction of sp³-hybridized carbons (Fsp3) is 0.175. The summed E-state index contributed by atoms with van der Waals surface area (Å²) >= 11 is 0. The van der Waals surface area contributed by atoms with Crippen molar-refractivity contribution in [3.63, 3.8) is 0 Å². The van der Waals surface area contributed by atoms with Crippen LogP contribution in [0.25, 0.3) is 111 Å². The minimum Gasteiger partial charge on any atom is -0.455 e. The van der Waals surface area contributed by atoms with Gasteiger partial charge in [0.05, 0.1) is 11.1 Å². The molecule has 4 aliphatic rings. The zero-order valence-corrected chi connectivity index (χ0v) is 34.1. The molecule has 5 heteroatoms. The summed E-state index contributed by atoms with van der Waals surface area (Å²) in [7, 11) is 0. The smallest absolute Gasteiger partial charge is 0.168 e. The third-order valence-electron chi connectivity index (χ3n) is 14.8. The molecular weight excluding hydrogens is 759 g/mol. The first kappa shape index (κ1) is 34.6. The molecule has 0 amide bonds. The Hall–Kier alpha value is -7.11. The van der Waals surface area contributed by atoms with Gasteiger partial charge in [0.15, 0.2) is 17.5 Å². The van der Waals surface area contributed by atoms with Gasteiger partial charge in [0.1, 0.15) is 22.3 Å². The van der Waals surface area contributed by atoms with Crippen LogP contribution in [0.5, 0.6) is 0 Å². The van der Waals surface area contributed by atoms with Crippen LogP contribution in [-0.2, 0) is 5.41 Å². The lowest BCUT2D eigenvalue weighted by Gasteiger charge is -2.57. The van der Waals surface area contributed by atoms with Crippen LogP contribution < -0.4 is 0 Å². The molecule has 5 nitrogen and oxygen atoms in total. The van der Waals surface area contributed by atoms with Crippen molar-refractivity contribution in [2.75, 3.05) is 0 Å². The van der Waals surface area contributed by atoms with Crippen LogP contribution in [0.3, 0.4) is 0 Å². The molecule has 0 N–H and O–H groups in total. The van der Waals surface area contributed by atoms with Gasteiger partial charge in [-0.15, -0.1) is 0 Å². The standard InChI is InChI=1S/C57H41N3O2/c1-2-11-36(12-3-1)40-24-41(26-42(25-40)57-30-33-21-34(31-57)23-35(22-33)32-57)54-58-55(46-19-10-18-45-44-17-8-9-20-49(44)61-52(45)46)60-56(59-54)51-43-16-7-6-15-39(43)28-48-47-27-37-13-4-5-14-38(37)29-50(47)62-53(48)51/h1-20,24-29,33-35H,21-23,30-32H2. The maximum absolute atomic E-state index is 6.97. The third-order valence-corrected chi connectivity index (χ3v) is 14.8. The van der Waals surface area contributed by atoms with E-state index in [0.717, 1.165) is 94.5 Å². The van der Waals surface area contributed by atoms with E-state index < -0.39 is 0 Å². The van der Waals surface area contributed by atoms with Gasteiger partial charge < -0.3 is 8.83 Å². The molecular formula is C57H41N3O2. The van der Waals surface area contributed by atoms with E-state index >= 15 is 0 Å². The molecule has 0 spiro atoms. The molecule has 4 fully saturated rings. The molecule has 8 aromatic carbocycles. The molecule has 0 unspecified atom stereocenters. The Morgan fingerprint density at radius 1 is 0.403 bits per heavy atom. The fourth-order valence-corrected chi connectivity index (χ4v) is 12.5. The van der Waals surface area contributed by atoms with Crippen molar-refractivity contribution in [3.8, 4) is 45.3 Å². The van der Waals surface area contributed by atoms with E-state index in [1.54, 1.807) is 0 Å². The topological polar surface area (TPSA) is 65.0 Å². The summed E-state index contributed by atoms with van der Waals surface area (Å²) in [4.78, 5) is 16.5. The lowest BCUT2D eigenvalue weighted by molar-refractivity contribution is -0.00515. The second-order valence-corrected chi connectivity index (χ2v) is 18.6. The van der Waals surface area contributed by atoms with Crippen molar-refractivity contribution < 1.29 is 8.83 Å². The van der Waals surface area contributed by atoms with Gasteiger partial charge in [-0.05, 0) is 142 Å². The summed E-state index contributed by atoms with van der Waals surface area (Å²) in [5.74, 6) is 4.24. The normalized spacial score (nSPS) is 20.7. The van der Waals surface area contributed by atoms with Gasteiger partial charge in [-0.2, -0.15) is 0 Å². The van der Waals surface area contributed by atoms with Crippen LogP contribution in [0.2, 0.25) is 0 Å². The van der Waals surface area contributed by atoms with Crippen LogP contribution in [0.15, 0.2) is 167 Å². The molecule has 15 rings (SSSR count). The van der Waals surface area contributed by atoms with Gasteiger partial charge in [-0.25, -0.2) is 15.0 Å². The molecule has 0 radical (unpaired) electrons. The van der Waals surface area contributed by atoms with Crippen LogP contribution >= 0.6 is 0 Å².